The van der Waals surface area contributed by atoms with Gasteiger partial charge in [-0.3, -0.25) is 5.10 Å². The van der Waals surface area contributed by atoms with Crippen LogP contribution in [0.5, 0.6) is 11.8 Å². The van der Waals surface area contributed by atoms with Crippen LogP contribution in [-0.4, -0.2) is 106 Å². The molecule has 278 valence electrons. The maximum atomic E-state index is 14.0. The Hall–Kier alpha value is -4.26. The average Bonchev–Trinajstić information content (AvgIpc) is 3.68. The molecule has 5 heterocycles. The molecule has 52 heavy (non-hydrogen) atoms. The van der Waals surface area contributed by atoms with Crippen LogP contribution in [0.3, 0.4) is 0 Å². The molecule has 4 fully saturated rings. The predicted molar refractivity (Wildman–Crippen MR) is 196 cm³/mol. The number of aryl methyl sites for hydroxylation is 1. The topological polar surface area (TPSA) is 120 Å². The van der Waals surface area contributed by atoms with Gasteiger partial charge in [-0.2, -0.15) is 15.1 Å². The van der Waals surface area contributed by atoms with E-state index in [1.807, 2.05) is 19.1 Å². The number of fused-ring (bicyclic) bond motifs is 2. The van der Waals surface area contributed by atoms with Gasteiger partial charge in [0.1, 0.15) is 24.5 Å². The number of amides is 1. The zero-order chi connectivity index (χ0) is 36.5. The molecular formula is C39H49F2N7O4. The molecule has 13 heteroatoms. The molecule has 1 unspecified atom stereocenters. The number of halogens is 2. The monoisotopic (exact) mass is 717 g/mol. The lowest BCUT2D eigenvalue weighted by atomic mass is 9.58. The summed E-state index contributed by atoms with van der Waals surface area (Å²) in [6, 6.07) is 6.50. The molecule has 11 nitrogen and oxygen atoms in total. The van der Waals surface area contributed by atoms with Crippen molar-refractivity contribution in [3.05, 3.63) is 35.5 Å². The molecule has 1 spiro atoms. The van der Waals surface area contributed by atoms with E-state index in [-0.39, 0.29) is 34.8 Å². The lowest BCUT2D eigenvalue weighted by molar-refractivity contribution is -0.119. The highest BCUT2D eigenvalue weighted by Crippen LogP contribution is 2.55. The molecular weight excluding hydrogens is 668 g/mol. The Morgan fingerprint density at radius 2 is 1.85 bits per heavy atom. The zero-order valence-electron chi connectivity index (χ0n) is 30.7. The molecule has 1 aliphatic carbocycles. The number of carboxylic acid groups (broad SMARTS) is 1. The average molecular weight is 718 g/mol. The van der Waals surface area contributed by atoms with E-state index in [1.165, 1.54) is 0 Å². The van der Waals surface area contributed by atoms with Crippen LogP contribution in [0.1, 0.15) is 76.3 Å². The van der Waals surface area contributed by atoms with Gasteiger partial charge in [0, 0.05) is 53.5 Å². The predicted octanol–water partition coefficient (Wildman–Crippen LogP) is 7.47. The molecule has 1 amide bonds. The van der Waals surface area contributed by atoms with E-state index >= 15 is 0 Å². The Morgan fingerprint density at radius 3 is 2.50 bits per heavy atom. The number of carbonyl (C=O) groups is 1. The van der Waals surface area contributed by atoms with Crippen LogP contribution in [0.2, 0.25) is 0 Å². The Kier molecular flexibility index (Phi) is 8.70. The van der Waals surface area contributed by atoms with Gasteiger partial charge in [0.05, 0.1) is 11.7 Å². The van der Waals surface area contributed by atoms with E-state index in [0.717, 1.165) is 83.6 Å². The number of anilines is 1. The third kappa shape index (κ3) is 6.08. The lowest BCUT2D eigenvalue weighted by Crippen LogP contribution is -2.72. The highest BCUT2D eigenvalue weighted by Gasteiger charge is 2.59. The molecule has 3 saturated heterocycles. The van der Waals surface area contributed by atoms with Crippen molar-refractivity contribution in [2.24, 2.45) is 10.8 Å². The van der Waals surface area contributed by atoms with Crippen molar-refractivity contribution in [3.63, 3.8) is 0 Å². The Morgan fingerprint density at radius 1 is 1.08 bits per heavy atom. The van der Waals surface area contributed by atoms with Crippen molar-refractivity contribution in [2.75, 3.05) is 51.3 Å². The minimum atomic E-state index is -2.69. The zero-order valence-corrected chi connectivity index (χ0v) is 30.7. The maximum absolute atomic E-state index is 14.0. The number of hydrogen-bond acceptors (Lipinski definition) is 8. The van der Waals surface area contributed by atoms with Gasteiger partial charge in [0.2, 0.25) is 0 Å². The number of nitrogens with zero attached hydrogens (tertiary/aromatic N) is 6. The second kappa shape index (κ2) is 13.0. The summed E-state index contributed by atoms with van der Waals surface area (Å²) >= 11 is 0. The number of H-pyrrole nitrogens is 1. The Labute approximate surface area is 302 Å². The number of hydrogen-bond donors (Lipinski definition) is 2. The Bertz CT molecular complexity index is 2000. The van der Waals surface area contributed by atoms with Gasteiger partial charge >= 0.3 is 12.1 Å². The fraction of sp³-hybridized carbons (Fsp3) is 0.590. The molecule has 4 aromatic rings. The maximum Gasteiger partial charge on any atom is 0.407 e. The van der Waals surface area contributed by atoms with Gasteiger partial charge in [-0.15, -0.1) is 0 Å². The number of rotatable bonds is 9. The summed E-state index contributed by atoms with van der Waals surface area (Å²) in [5.41, 5.74) is 4.67. The highest BCUT2D eigenvalue weighted by atomic mass is 19.3. The first-order valence-corrected chi connectivity index (χ1v) is 18.6. The number of aromatic amines is 1. The van der Waals surface area contributed by atoms with Crippen LogP contribution in [0.25, 0.3) is 32.9 Å². The number of aromatic nitrogens is 4. The van der Waals surface area contributed by atoms with Crippen LogP contribution in [0, 0.1) is 17.8 Å². The van der Waals surface area contributed by atoms with Crippen LogP contribution in [0.4, 0.5) is 19.4 Å². The molecule has 8 rings (SSSR count). The smallest absolute Gasteiger partial charge is 0.407 e. The standard InChI is InChI=1S/C39H49F2N7O4/c1-22-8-11-28-27(18-42-45-28)30(22)31-25(23-9-10-23)17-26-32(33(31)51-20-29(40)41)43-36(52-19-24-7-6-14-46(24)5)44-34(26)47-15-12-39(13-16-47)21-48(37(49)50)35(39)38(2,3)4/h8,11,17-18,23-24,29,35H,6-7,9-10,12-16,19-21H2,1-5H3,(H,42,45)(H,49,50)/t24-,35?/m0/s1. The quantitative estimate of drug-likeness (QED) is 0.182. The number of piperidine rings is 1. The lowest BCUT2D eigenvalue weighted by Gasteiger charge is -2.63. The molecule has 0 bridgehead atoms. The Balaban J connectivity index is 1.28. The first kappa shape index (κ1) is 34.8. The summed E-state index contributed by atoms with van der Waals surface area (Å²) in [4.78, 5) is 28.4. The molecule has 0 radical (unpaired) electrons. The molecule has 2 aromatic heterocycles. The van der Waals surface area contributed by atoms with E-state index in [1.54, 1.807) is 11.1 Å². The van der Waals surface area contributed by atoms with Crippen molar-refractivity contribution in [3.8, 4) is 22.9 Å². The van der Waals surface area contributed by atoms with Crippen molar-refractivity contribution < 1.29 is 28.2 Å². The highest BCUT2D eigenvalue weighted by molar-refractivity contribution is 6.06. The normalized spacial score (nSPS) is 22.2. The van der Waals surface area contributed by atoms with Gasteiger partial charge in [0.25, 0.3) is 6.43 Å². The molecule has 3 aliphatic heterocycles. The van der Waals surface area contributed by atoms with Crippen molar-refractivity contribution in [2.45, 2.75) is 90.6 Å². The summed E-state index contributed by atoms with van der Waals surface area (Å²) < 4.78 is 40.7. The van der Waals surface area contributed by atoms with Crippen LogP contribution in [0.15, 0.2) is 24.4 Å². The molecule has 2 aromatic carbocycles. The summed E-state index contributed by atoms with van der Waals surface area (Å²) in [6.45, 7) is 10.9. The van der Waals surface area contributed by atoms with Gasteiger partial charge in [0.15, 0.2) is 5.75 Å². The third-order valence-electron chi connectivity index (χ3n) is 12.0. The number of alkyl halides is 2. The first-order valence-electron chi connectivity index (χ1n) is 18.6. The van der Waals surface area contributed by atoms with E-state index < -0.39 is 19.1 Å². The number of nitrogens with one attached hydrogen (secondary N) is 1. The van der Waals surface area contributed by atoms with Crippen LogP contribution < -0.4 is 14.4 Å². The number of likely N-dealkylation sites (N-methyl/N-ethyl adjacent to an activating group) is 1. The fourth-order valence-electron chi connectivity index (χ4n) is 9.50. The van der Waals surface area contributed by atoms with Crippen molar-refractivity contribution >= 4 is 33.7 Å². The van der Waals surface area contributed by atoms with Crippen LogP contribution in [-0.2, 0) is 0 Å². The minimum Gasteiger partial charge on any atom is -0.485 e. The SMILES string of the molecule is Cc1ccc2[nH]ncc2c1-c1c(C2CC2)cc2c(N3CCC4(CC3)CN(C(=O)O)C4C(C)(C)C)nc(OC[C@@H]3CCCN3C)nc2c1OCC(F)F. The number of likely N-dealkylation sites (tertiary alicyclic amines) is 2. The second-order valence-electron chi connectivity index (χ2n) is 16.6. The van der Waals surface area contributed by atoms with Crippen LogP contribution >= 0.6 is 0 Å². The van der Waals surface area contributed by atoms with E-state index in [0.29, 0.717) is 43.3 Å². The van der Waals surface area contributed by atoms with Crippen molar-refractivity contribution in [1.29, 1.82) is 0 Å². The van der Waals surface area contributed by atoms with Gasteiger partial charge in [-0.25, -0.2) is 13.6 Å². The largest absolute Gasteiger partial charge is 0.485 e. The fourth-order valence-corrected chi connectivity index (χ4v) is 9.50. The molecule has 2 atom stereocenters. The van der Waals surface area contributed by atoms with Crippen molar-refractivity contribution in [1.82, 2.24) is 30.0 Å². The summed E-state index contributed by atoms with van der Waals surface area (Å²) in [6.07, 6.45) is 3.92. The van der Waals surface area contributed by atoms with Gasteiger partial charge < -0.3 is 29.3 Å². The summed E-state index contributed by atoms with van der Waals surface area (Å²) in [5.74, 6) is 1.26. The summed E-state index contributed by atoms with van der Waals surface area (Å²) in [7, 11) is 2.09. The minimum absolute atomic E-state index is 0.0867. The van der Waals surface area contributed by atoms with E-state index in [4.69, 9.17) is 19.4 Å². The first-order chi connectivity index (χ1) is 24.8. The van der Waals surface area contributed by atoms with Gasteiger partial charge in [-0.05, 0) is 99.2 Å². The third-order valence-corrected chi connectivity index (χ3v) is 12.0. The van der Waals surface area contributed by atoms with E-state index in [9.17, 15) is 18.7 Å². The molecule has 4 aliphatic rings. The van der Waals surface area contributed by atoms with E-state index in [2.05, 4.69) is 53.9 Å². The number of benzene rings is 2. The summed E-state index contributed by atoms with van der Waals surface area (Å²) in [5, 5.41) is 19.0. The number of ether oxygens (including phenoxy) is 2. The second-order valence-corrected chi connectivity index (χ2v) is 16.6. The molecule has 2 N–H and O–H groups in total. The molecule has 1 saturated carbocycles. The van der Waals surface area contributed by atoms with Gasteiger partial charge in [-0.1, -0.05) is 26.8 Å².